The first-order valence-electron chi connectivity index (χ1n) is 7.20. The van der Waals surface area contributed by atoms with Gasteiger partial charge in [-0.15, -0.1) is 0 Å². The van der Waals surface area contributed by atoms with Gasteiger partial charge in [-0.3, -0.25) is 0 Å². The molecule has 0 bridgehead atoms. The van der Waals surface area contributed by atoms with Gasteiger partial charge in [0.25, 0.3) is 0 Å². The van der Waals surface area contributed by atoms with Crippen LogP contribution in [0.2, 0.25) is 0 Å². The van der Waals surface area contributed by atoms with Gasteiger partial charge < -0.3 is 20.5 Å². The Kier molecular flexibility index (Phi) is 4.72. The van der Waals surface area contributed by atoms with Crippen LogP contribution in [-0.2, 0) is 11.2 Å². The summed E-state index contributed by atoms with van der Waals surface area (Å²) in [5.41, 5.74) is 0.630. The van der Waals surface area contributed by atoms with Crippen molar-refractivity contribution in [3.8, 4) is 6.07 Å². The Morgan fingerprint density at radius 3 is 2.78 bits per heavy atom. The number of aromatic nitrogens is 1. The topological polar surface area (TPSA) is 109 Å². The minimum absolute atomic E-state index is 0.173. The molecule has 6 heteroatoms. The van der Waals surface area contributed by atoms with E-state index in [1.54, 1.807) is 6.20 Å². The summed E-state index contributed by atoms with van der Waals surface area (Å²) in [7, 11) is 0. The van der Waals surface area contributed by atoms with Crippen molar-refractivity contribution in [3.63, 3.8) is 0 Å². The van der Waals surface area contributed by atoms with E-state index in [1.165, 1.54) is 13.8 Å². The minimum atomic E-state index is -1.33. The number of nitriles is 1. The maximum atomic E-state index is 11.6. The van der Waals surface area contributed by atoms with Gasteiger partial charge in [-0.2, -0.15) is 5.26 Å². The highest BCUT2D eigenvalue weighted by molar-refractivity contribution is 5.84. The third-order valence-electron chi connectivity index (χ3n) is 3.59. The molecule has 1 atom stereocenters. The molecule has 2 rings (SSSR count). The minimum Gasteiger partial charge on any atom is -0.480 e. The summed E-state index contributed by atoms with van der Waals surface area (Å²) in [5, 5.41) is 32.1. The average molecular weight is 313 g/mol. The maximum absolute atomic E-state index is 11.6. The monoisotopic (exact) mass is 313 g/mol. The molecule has 0 fully saturated rings. The number of hydrogen-bond donors (Lipinski definition) is 4. The number of carbonyl (C=O) groups is 1. The third kappa shape index (κ3) is 3.90. The number of nitrogens with one attached hydrogen (secondary N) is 2. The molecular formula is C17H19N3O3. The van der Waals surface area contributed by atoms with Crippen LogP contribution in [0.4, 0.5) is 0 Å². The molecule has 23 heavy (non-hydrogen) atoms. The molecule has 1 aromatic heterocycles. The Morgan fingerprint density at radius 2 is 2.17 bits per heavy atom. The van der Waals surface area contributed by atoms with E-state index in [2.05, 4.69) is 10.3 Å². The molecule has 1 heterocycles. The number of para-hydroxylation sites is 1. The molecule has 6 nitrogen and oxygen atoms in total. The molecule has 0 aliphatic carbocycles. The molecular weight excluding hydrogens is 294 g/mol. The number of aliphatic carboxylic acids is 1. The molecule has 0 saturated carbocycles. The van der Waals surface area contributed by atoms with Gasteiger partial charge >= 0.3 is 5.97 Å². The highest BCUT2D eigenvalue weighted by Gasteiger charge is 2.26. The van der Waals surface area contributed by atoms with Crippen molar-refractivity contribution in [1.82, 2.24) is 10.3 Å². The number of carboxylic acids is 1. The van der Waals surface area contributed by atoms with E-state index >= 15 is 0 Å². The van der Waals surface area contributed by atoms with Crippen molar-refractivity contribution in [2.24, 2.45) is 0 Å². The number of aromatic amines is 1. The van der Waals surface area contributed by atoms with Crippen LogP contribution < -0.4 is 5.32 Å². The molecule has 0 radical (unpaired) electrons. The van der Waals surface area contributed by atoms with Crippen LogP contribution in [0.5, 0.6) is 0 Å². The second kappa shape index (κ2) is 6.55. The zero-order valence-electron chi connectivity index (χ0n) is 13.0. The standard InChI is InChI=1S/C17H19N3O3/c1-17(2,23)15(7-8-18)20-14(16(21)22)9-11-10-19-13-6-4-3-5-12(11)13/h3-7,10,14,19-20,23H,9H2,1-2H3,(H,21,22)/b15-7+. The smallest absolute Gasteiger partial charge is 0.326 e. The number of benzene rings is 1. The molecule has 0 saturated heterocycles. The number of nitrogens with zero attached hydrogens (tertiary/aromatic N) is 1. The SMILES string of the molecule is CC(C)(O)/C(=C\C#N)NC(Cc1c[nH]c2ccccc12)C(=O)O. The van der Waals surface area contributed by atoms with Gasteiger partial charge in [-0.1, -0.05) is 18.2 Å². The van der Waals surface area contributed by atoms with Gasteiger partial charge in [-0.25, -0.2) is 4.79 Å². The van der Waals surface area contributed by atoms with Crippen molar-refractivity contribution in [2.75, 3.05) is 0 Å². The second-order valence-electron chi connectivity index (χ2n) is 5.84. The summed E-state index contributed by atoms with van der Waals surface area (Å²) in [6.07, 6.45) is 3.13. The number of allylic oxidation sites excluding steroid dienone is 1. The summed E-state index contributed by atoms with van der Waals surface area (Å²) in [5.74, 6) is -1.05. The fourth-order valence-corrected chi connectivity index (χ4v) is 2.37. The lowest BCUT2D eigenvalue weighted by Crippen LogP contribution is -2.43. The van der Waals surface area contributed by atoms with Crippen molar-refractivity contribution in [2.45, 2.75) is 31.9 Å². The molecule has 0 amide bonds. The number of rotatable bonds is 6. The van der Waals surface area contributed by atoms with E-state index in [0.717, 1.165) is 22.5 Å². The lowest BCUT2D eigenvalue weighted by Gasteiger charge is -2.26. The largest absolute Gasteiger partial charge is 0.480 e. The number of carboxylic acid groups (broad SMARTS) is 1. The maximum Gasteiger partial charge on any atom is 0.326 e. The lowest BCUT2D eigenvalue weighted by atomic mass is 10.0. The van der Waals surface area contributed by atoms with Gasteiger partial charge in [-0.05, 0) is 25.5 Å². The molecule has 0 aliphatic heterocycles. The van der Waals surface area contributed by atoms with Gasteiger partial charge in [0.05, 0.1) is 17.4 Å². The predicted octanol–water partition coefficient (Wildman–Crippen LogP) is 1.93. The fourth-order valence-electron chi connectivity index (χ4n) is 2.37. The number of aliphatic hydroxyl groups is 1. The molecule has 1 aromatic carbocycles. The van der Waals surface area contributed by atoms with E-state index in [-0.39, 0.29) is 12.1 Å². The highest BCUT2D eigenvalue weighted by atomic mass is 16.4. The number of H-pyrrole nitrogens is 1. The van der Waals surface area contributed by atoms with Crippen LogP contribution in [0.25, 0.3) is 10.9 Å². The van der Waals surface area contributed by atoms with E-state index in [9.17, 15) is 15.0 Å². The molecule has 120 valence electrons. The second-order valence-corrected chi connectivity index (χ2v) is 5.84. The van der Waals surface area contributed by atoms with Crippen molar-refractivity contribution >= 4 is 16.9 Å². The Morgan fingerprint density at radius 1 is 1.48 bits per heavy atom. The van der Waals surface area contributed by atoms with Crippen LogP contribution in [-0.4, -0.2) is 32.8 Å². The first-order valence-corrected chi connectivity index (χ1v) is 7.20. The predicted molar refractivity (Wildman–Crippen MR) is 86.6 cm³/mol. The summed E-state index contributed by atoms with van der Waals surface area (Å²) in [4.78, 5) is 14.7. The van der Waals surface area contributed by atoms with Crippen molar-refractivity contribution in [1.29, 1.82) is 5.26 Å². The van der Waals surface area contributed by atoms with Gasteiger partial charge in [0.15, 0.2) is 0 Å². The van der Waals surface area contributed by atoms with E-state index in [0.29, 0.717) is 0 Å². The molecule has 0 spiro atoms. The van der Waals surface area contributed by atoms with Crippen molar-refractivity contribution < 1.29 is 15.0 Å². The van der Waals surface area contributed by atoms with Gasteiger partial charge in [0, 0.05) is 29.6 Å². The molecule has 0 aliphatic rings. The summed E-state index contributed by atoms with van der Waals surface area (Å²) < 4.78 is 0. The van der Waals surface area contributed by atoms with Crippen LogP contribution in [0.1, 0.15) is 19.4 Å². The number of hydrogen-bond acceptors (Lipinski definition) is 4. The molecule has 4 N–H and O–H groups in total. The summed E-state index contributed by atoms with van der Waals surface area (Å²) in [6.45, 7) is 2.99. The van der Waals surface area contributed by atoms with Crippen LogP contribution in [0, 0.1) is 11.3 Å². The van der Waals surface area contributed by atoms with Crippen LogP contribution >= 0.6 is 0 Å². The van der Waals surface area contributed by atoms with Gasteiger partial charge in [0.2, 0.25) is 0 Å². The molecule has 2 aromatic rings. The quantitative estimate of drug-likeness (QED) is 0.609. The average Bonchev–Trinajstić information content (AvgIpc) is 2.88. The summed E-state index contributed by atoms with van der Waals surface area (Å²) >= 11 is 0. The molecule has 1 unspecified atom stereocenters. The van der Waals surface area contributed by atoms with Gasteiger partial charge in [0.1, 0.15) is 6.04 Å². The van der Waals surface area contributed by atoms with Crippen LogP contribution in [0.15, 0.2) is 42.2 Å². The third-order valence-corrected chi connectivity index (χ3v) is 3.59. The first-order chi connectivity index (χ1) is 10.8. The lowest BCUT2D eigenvalue weighted by molar-refractivity contribution is -0.139. The first kappa shape index (κ1) is 16.6. The van der Waals surface area contributed by atoms with E-state index < -0.39 is 17.6 Å². The van der Waals surface area contributed by atoms with E-state index in [4.69, 9.17) is 5.26 Å². The Labute approximate surface area is 134 Å². The zero-order valence-corrected chi connectivity index (χ0v) is 13.0. The Hall–Kier alpha value is -2.78. The number of fused-ring (bicyclic) bond motifs is 1. The van der Waals surface area contributed by atoms with E-state index in [1.807, 2.05) is 30.3 Å². The highest BCUT2D eigenvalue weighted by Crippen LogP contribution is 2.20. The summed E-state index contributed by atoms with van der Waals surface area (Å²) in [6, 6.07) is 8.49. The van der Waals surface area contributed by atoms with Crippen molar-refractivity contribution in [3.05, 3.63) is 47.8 Å². The van der Waals surface area contributed by atoms with Crippen LogP contribution in [0.3, 0.4) is 0 Å². The normalized spacial score (nSPS) is 13.6. The Balaban J connectivity index is 2.28. The zero-order chi connectivity index (χ0) is 17.0. The fraction of sp³-hybridized carbons (Fsp3) is 0.294. The Bertz CT molecular complexity index is 778.